The molecule has 1 N–H and O–H groups in total. The third kappa shape index (κ3) is 3.73. The van der Waals surface area contributed by atoms with Crippen molar-refractivity contribution >= 4 is 0 Å². The van der Waals surface area contributed by atoms with E-state index in [2.05, 4.69) is 29.0 Å². The second-order valence-corrected chi connectivity index (χ2v) is 7.74. The second-order valence-electron chi connectivity index (χ2n) is 7.74. The summed E-state index contributed by atoms with van der Waals surface area (Å²) in [7, 11) is 0. The van der Waals surface area contributed by atoms with Crippen molar-refractivity contribution in [3.05, 3.63) is 0 Å². The van der Waals surface area contributed by atoms with Gasteiger partial charge in [-0.1, -0.05) is 13.8 Å². The molecule has 0 aromatic carbocycles. The lowest BCUT2D eigenvalue weighted by atomic mass is 9.88. The normalized spacial score (nSPS) is 33.3. The standard InChI is InChI=1S/C16H31N3O/c1-16(2,12-18-5-7-20-8-6-18)13-19-11-14-3-4-15(19)10-17-9-14/h14-15,17H,3-13H2,1-2H3/t14-,15+/m1/s1. The highest BCUT2D eigenvalue weighted by atomic mass is 16.5. The third-order valence-electron chi connectivity index (χ3n) is 5.12. The number of hydrogen-bond acceptors (Lipinski definition) is 4. The predicted octanol–water partition coefficient (Wildman–Crippen LogP) is 1.03. The second kappa shape index (κ2) is 6.30. The van der Waals surface area contributed by atoms with Crippen LogP contribution in [0.1, 0.15) is 26.7 Å². The zero-order chi connectivity index (χ0) is 14.0. The molecule has 2 bridgehead atoms. The molecule has 4 heteroatoms. The SMILES string of the molecule is CC(C)(CN1CCOCC1)CN1C[C@@H]2CC[C@H]1CNC2. The minimum Gasteiger partial charge on any atom is -0.379 e. The summed E-state index contributed by atoms with van der Waals surface area (Å²) in [4.78, 5) is 5.35. The number of ether oxygens (including phenoxy) is 1. The first-order valence-corrected chi connectivity index (χ1v) is 8.37. The highest BCUT2D eigenvalue weighted by Crippen LogP contribution is 2.28. The molecule has 0 amide bonds. The minimum absolute atomic E-state index is 0.377. The van der Waals surface area contributed by atoms with E-state index in [-0.39, 0.29) is 0 Å². The lowest BCUT2D eigenvalue weighted by molar-refractivity contribution is 0.00767. The summed E-state index contributed by atoms with van der Waals surface area (Å²) in [5.41, 5.74) is 0.377. The van der Waals surface area contributed by atoms with Gasteiger partial charge in [0.1, 0.15) is 0 Å². The lowest BCUT2D eigenvalue weighted by Gasteiger charge is -2.43. The number of hydrogen-bond donors (Lipinski definition) is 1. The quantitative estimate of drug-likeness (QED) is 0.833. The molecule has 4 fully saturated rings. The summed E-state index contributed by atoms with van der Waals surface area (Å²) in [6.07, 6.45) is 2.82. The van der Waals surface area contributed by atoms with Crippen LogP contribution in [0, 0.1) is 11.3 Å². The minimum atomic E-state index is 0.377. The van der Waals surface area contributed by atoms with Gasteiger partial charge in [-0.3, -0.25) is 9.80 Å². The van der Waals surface area contributed by atoms with Gasteiger partial charge in [-0.2, -0.15) is 0 Å². The van der Waals surface area contributed by atoms with E-state index in [0.717, 1.165) is 38.3 Å². The van der Waals surface area contributed by atoms with Crippen molar-refractivity contribution in [2.75, 3.05) is 59.0 Å². The van der Waals surface area contributed by atoms with Gasteiger partial charge in [-0.25, -0.2) is 0 Å². The van der Waals surface area contributed by atoms with Crippen molar-refractivity contribution in [2.24, 2.45) is 11.3 Å². The van der Waals surface area contributed by atoms with Crippen LogP contribution in [-0.4, -0.2) is 74.9 Å². The molecule has 116 valence electrons. The van der Waals surface area contributed by atoms with E-state index in [1.54, 1.807) is 0 Å². The molecule has 4 aliphatic rings. The first kappa shape index (κ1) is 14.8. The van der Waals surface area contributed by atoms with Gasteiger partial charge in [0, 0.05) is 45.3 Å². The Balaban J connectivity index is 1.55. The van der Waals surface area contributed by atoms with E-state index in [0.29, 0.717) is 5.41 Å². The third-order valence-corrected chi connectivity index (χ3v) is 5.12. The van der Waals surface area contributed by atoms with Crippen LogP contribution in [0.4, 0.5) is 0 Å². The molecule has 0 saturated carbocycles. The molecule has 2 atom stereocenters. The number of nitrogens with zero attached hydrogens (tertiary/aromatic N) is 2. The fourth-order valence-electron chi connectivity index (χ4n) is 4.19. The summed E-state index contributed by atoms with van der Waals surface area (Å²) in [5, 5.41) is 3.64. The first-order valence-electron chi connectivity index (χ1n) is 8.37. The summed E-state index contributed by atoms with van der Waals surface area (Å²) >= 11 is 0. The maximum atomic E-state index is 5.46. The van der Waals surface area contributed by atoms with E-state index >= 15 is 0 Å². The van der Waals surface area contributed by atoms with Crippen LogP contribution >= 0.6 is 0 Å². The Morgan fingerprint density at radius 3 is 2.70 bits per heavy atom. The Hall–Kier alpha value is -0.160. The first-order chi connectivity index (χ1) is 9.62. The van der Waals surface area contributed by atoms with E-state index in [1.807, 2.05) is 0 Å². The largest absolute Gasteiger partial charge is 0.379 e. The van der Waals surface area contributed by atoms with Gasteiger partial charge in [-0.15, -0.1) is 0 Å². The predicted molar refractivity (Wildman–Crippen MR) is 82.0 cm³/mol. The zero-order valence-corrected chi connectivity index (χ0v) is 13.2. The summed E-state index contributed by atoms with van der Waals surface area (Å²) < 4.78 is 5.46. The Morgan fingerprint density at radius 2 is 1.90 bits per heavy atom. The van der Waals surface area contributed by atoms with Crippen LogP contribution < -0.4 is 5.32 Å². The van der Waals surface area contributed by atoms with Crippen molar-refractivity contribution in [1.82, 2.24) is 15.1 Å². The highest BCUT2D eigenvalue weighted by Gasteiger charge is 2.35. The molecular formula is C16H31N3O. The number of morpholine rings is 1. The van der Waals surface area contributed by atoms with Crippen molar-refractivity contribution < 1.29 is 4.74 Å². The Kier molecular flexibility index (Phi) is 4.65. The van der Waals surface area contributed by atoms with Crippen LogP contribution in [0.3, 0.4) is 0 Å². The zero-order valence-electron chi connectivity index (χ0n) is 13.2. The molecule has 20 heavy (non-hydrogen) atoms. The summed E-state index contributed by atoms with van der Waals surface area (Å²) in [5.74, 6) is 0.882. The lowest BCUT2D eigenvalue weighted by Crippen LogP contribution is -2.51. The molecule has 4 rings (SSSR count). The van der Waals surface area contributed by atoms with Gasteiger partial charge in [0.2, 0.25) is 0 Å². The molecule has 0 unspecified atom stereocenters. The fourth-order valence-corrected chi connectivity index (χ4v) is 4.19. The topological polar surface area (TPSA) is 27.7 Å². The van der Waals surface area contributed by atoms with Gasteiger partial charge < -0.3 is 10.1 Å². The maximum absolute atomic E-state index is 5.46. The van der Waals surface area contributed by atoms with E-state index in [4.69, 9.17) is 4.74 Å². The number of nitrogens with one attached hydrogen (secondary N) is 1. The molecule has 4 nitrogen and oxygen atoms in total. The molecular weight excluding hydrogens is 250 g/mol. The molecule has 0 radical (unpaired) electrons. The molecule has 4 heterocycles. The average Bonchev–Trinajstić information content (AvgIpc) is 2.73. The number of piperidine rings is 1. The Labute approximate surface area is 123 Å². The molecule has 0 spiro atoms. The fraction of sp³-hybridized carbons (Fsp3) is 1.00. The van der Waals surface area contributed by atoms with E-state index < -0.39 is 0 Å². The van der Waals surface area contributed by atoms with E-state index in [1.165, 1.54) is 45.6 Å². The maximum Gasteiger partial charge on any atom is 0.0594 e. The summed E-state index contributed by atoms with van der Waals surface area (Å²) in [6, 6.07) is 0.776. The molecule has 0 aromatic rings. The van der Waals surface area contributed by atoms with Crippen LogP contribution in [0.15, 0.2) is 0 Å². The molecule has 0 aliphatic carbocycles. The Morgan fingerprint density at radius 1 is 1.10 bits per heavy atom. The van der Waals surface area contributed by atoms with Crippen molar-refractivity contribution in [1.29, 1.82) is 0 Å². The van der Waals surface area contributed by atoms with Crippen LogP contribution in [-0.2, 0) is 4.74 Å². The van der Waals surface area contributed by atoms with Crippen LogP contribution in [0.5, 0.6) is 0 Å². The van der Waals surface area contributed by atoms with Gasteiger partial charge in [0.05, 0.1) is 13.2 Å². The van der Waals surface area contributed by atoms with Crippen LogP contribution in [0.25, 0.3) is 0 Å². The smallest absolute Gasteiger partial charge is 0.0594 e. The number of rotatable bonds is 4. The number of fused-ring (bicyclic) bond motifs is 4. The Bertz CT molecular complexity index is 311. The van der Waals surface area contributed by atoms with Crippen molar-refractivity contribution in [3.8, 4) is 0 Å². The molecule has 0 aromatic heterocycles. The van der Waals surface area contributed by atoms with Gasteiger partial charge in [0.25, 0.3) is 0 Å². The molecule has 4 aliphatic heterocycles. The van der Waals surface area contributed by atoms with Crippen LogP contribution in [0.2, 0.25) is 0 Å². The summed E-state index contributed by atoms with van der Waals surface area (Å²) in [6.45, 7) is 15.1. The monoisotopic (exact) mass is 281 g/mol. The van der Waals surface area contributed by atoms with Crippen molar-refractivity contribution in [3.63, 3.8) is 0 Å². The van der Waals surface area contributed by atoms with Gasteiger partial charge >= 0.3 is 0 Å². The van der Waals surface area contributed by atoms with E-state index in [9.17, 15) is 0 Å². The van der Waals surface area contributed by atoms with Gasteiger partial charge in [-0.05, 0) is 30.7 Å². The highest BCUT2D eigenvalue weighted by molar-refractivity contribution is 4.91. The van der Waals surface area contributed by atoms with Crippen molar-refractivity contribution in [2.45, 2.75) is 32.7 Å². The average molecular weight is 281 g/mol. The molecule has 4 saturated heterocycles. The van der Waals surface area contributed by atoms with Gasteiger partial charge in [0.15, 0.2) is 0 Å².